The number of esters is 1. The van der Waals surface area contributed by atoms with Gasteiger partial charge in [-0.05, 0) is 6.92 Å². The van der Waals surface area contributed by atoms with Crippen LogP contribution >= 0.6 is 0 Å². The fourth-order valence-corrected chi connectivity index (χ4v) is 0.251. The predicted octanol–water partition coefficient (Wildman–Crippen LogP) is -1.28. The second-order valence-corrected chi connectivity index (χ2v) is 1.72. The van der Waals surface area contributed by atoms with E-state index in [-0.39, 0.29) is 0 Å². The molecule has 0 amide bonds. The van der Waals surface area contributed by atoms with Gasteiger partial charge in [0.25, 0.3) is 0 Å². The highest BCUT2D eigenvalue weighted by Crippen LogP contribution is 1.98. The number of carbonyl (C=O) groups excluding carboxylic acids is 1. The molecule has 54 valence electrons. The van der Waals surface area contributed by atoms with Crippen LogP contribution < -0.4 is 11.6 Å². The molecular formula is C4H10N2O3. The van der Waals surface area contributed by atoms with Crippen molar-refractivity contribution in [2.75, 3.05) is 7.11 Å². The highest BCUT2D eigenvalue weighted by Gasteiger charge is 2.29. The summed E-state index contributed by atoms with van der Waals surface area (Å²) in [7, 11) is 1.20. The number of hydrogen-bond acceptors (Lipinski definition) is 5. The summed E-state index contributed by atoms with van der Waals surface area (Å²) < 4.78 is 4.24. The maximum absolute atomic E-state index is 10.5. The van der Waals surface area contributed by atoms with E-state index in [1.165, 1.54) is 14.0 Å². The van der Waals surface area contributed by atoms with Crippen LogP contribution in [-0.2, 0) is 14.4 Å². The number of ether oxygens (including phenoxy) is 1. The third kappa shape index (κ3) is 1.96. The van der Waals surface area contributed by atoms with E-state index in [0.29, 0.717) is 0 Å². The van der Waals surface area contributed by atoms with Gasteiger partial charge in [0.1, 0.15) is 0 Å². The summed E-state index contributed by atoms with van der Waals surface area (Å²) in [4.78, 5) is 14.6. The van der Waals surface area contributed by atoms with Crippen LogP contribution in [0.3, 0.4) is 0 Å². The van der Waals surface area contributed by atoms with Crippen molar-refractivity contribution in [3.63, 3.8) is 0 Å². The Morgan fingerprint density at radius 2 is 2.11 bits per heavy atom. The molecule has 9 heavy (non-hydrogen) atoms. The molecule has 0 fully saturated rings. The average molecular weight is 134 g/mol. The molecule has 0 aliphatic rings. The zero-order valence-corrected chi connectivity index (χ0v) is 5.38. The fraction of sp³-hybridized carbons (Fsp3) is 0.750. The molecule has 0 saturated heterocycles. The van der Waals surface area contributed by atoms with Crippen LogP contribution in [0.2, 0.25) is 0 Å². The van der Waals surface area contributed by atoms with E-state index in [2.05, 4.69) is 15.5 Å². The molecule has 1 atom stereocenters. The number of methoxy groups -OCH3 is 1. The third-order valence-corrected chi connectivity index (χ3v) is 0.836. The van der Waals surface area contributed by atoms with Crippen molar-refractivity contribution in [3.05, 3.63) is 0 Å². The van der Waals surface area contributed by atoms with Crippen molar-refractivity contribution >= 4 is 5.97 Å². The molecule has 0 spiro atoms. The third-order valence-electron chi connectivity index (χ3n) is 0.836. The molecule has 0 rings (SSSR count). The van der Waals surface area contributed by atoms with Crippen molar-refractivity contribution in [2.24, 2.45) is 11.6 Å². The number of rotatable bonds is 2. The Bertz CT molecular complexity index is 112. The maximum atomic E-state index is 10.5. The van der Waals surface area contributed by atoms with Crippen molar-refractivity contribution in [1.82, 2.24) is 0 Å². The van der Waals surface area contributed by atoms with Crippen LogP contribution in [0.4, 0.5) is 0 Å². The first-order chi connectivity index (χ1) is 4.04. The zero-order chi connectivity index (χ0) is 7.49. The number of carbonyl (C=O) groups is 1. The smallest absolute Gasteiger partial charge is 0.354 e. The van der Waals surface area contributed by atoms with Gasteiger partial charge >= 0.3 is 5.97 Å². The topological polar surface area (TPSA) is 87.6 Å². The Labute approximate surface area is 52.9 Å². The first-order valence-electron chi connectivity index (χ1n) is 2.29. The molecule has 0 aliphatic carbocycles. The molecule has 4 N–H and O–H groups in total. The van der Waals surface area contributed by atoms with Gasteiger partial charge in [-0.25, -0.2) is 10.7 Å². The highest BCUT2D eigenvalue weighted by atomic mass is 16.7. The highest BCUT2D eigenvalue weighted by molar-refractivity contribution is 5.77. The molecule has 0 aromatic heterocycles. The van der Waals surface area contributed by atoms with Crippen molar-refractivity contribution < 1.29 is 14.4 Å². The van der Waals surface area contributed by atoms with Gasteiger partial charge in [0.2, 0.25) is 5.72 Å². The summed E-state index contributed by atoms with van der Waals surface area (Å²) in [6.07, 6.45) is 0. The first-order valence-corrected chi connectivity index (χ1v) is 2.29. The van der Waals surface area contributed by atoms with E-state index in [4.69, 9.17) is 5.73 Å². The molecule has 5 heteroatoms. The Morgan fingerprint density at radius 1 is 1.67 bits per heavy atom. The van der Waals surface area contributed by atoms with E-state index in [1.54, 1.807) is 0 Å². The second-order valence-electron chi connectivity index (χ2n) is 1.72. The van der Waals surface area contributed by atoms with Gasteiger partial charge in [0.05, 0.1) is 7.11 Å². The molecule has 0 radical (unpaired) electrons. The van der Waals surface area contributed by atoms with Gasteiger partial charge in [-0.15, -0.1) is 0 Å². The summed E-state index contributed by atoms with van der Waals surface area (Å²) >= 11 is 0. The van der Waals surface area contributed by atoms with Crippen LogP contribution in [0, 0.1) is 0 Å². The molecule has 0 unspecified atom stereocenters. The van der Waals surface area contributed by atoms with Crippen molar-refractivity contribution in [3.8, 4) is 0 Å². The number of hydrogen-bond donors (Lipinski definition) is 2. The predicted molar refractivity (Wildman–Crippen MR) is 29.9 cm³/mol. The van der Waals surface area contributed by atoms with E-state index in [9.17, 15) is 4.79 Å². The standard InChI is InChI=1S/C4H10N2O3/c1-4(5,9-6)3(7)8-2/h5-6H2,1-2H3/t4-/m1/s1. The van der Waals surface area contributed by atoms with E-state index in [0.717, 1.165) is 0 Å². The summed E-state index contributed by atoms with van der Waals surface area (Å²) in [6.45, 7) is 1.30. The van der Waals surface area contributed by atoms with Gasteiger partial charge in [-0.1, -0.05) is 0 Å². The monoisotopic (exact) mass is 134 g/mol. The lowest BCUT2D eigenvalue weighted by atomic mass is 10.3. The fourth-order valence-electron chi connectivity index (χ4n) is 0.251. The largest absolute Gasteiger partial charge is 0.466 e. The Hall–Kier alpha value is -0.650. The quantitative estimate of drug-likeness (QED) is 0.279. The van der Waals surface area contributed by atoms with Gasteiger partial charge < -0.3 is 4.74 Å². The van der Waals surface area contributed by atoms with Crippen LogP contribution in [0.15, 0.2) is 0 Å². The average Bonchev–Trinajstić information content (AvgIpc) is 1.86. The Morgan fingerprint density at radius 3 is 2.22 bits per heavy atom. The van der Waals surface area contributed by atoms with E-state index >= 15 is 0 Å². The molecule has 0 aromatic rings. The van der Waals surface area contributed by atoms with Gasteiger partial charge in [-0.3, -0.25) is 10.6 Å². The summed E-state index contributed by atoms with van der Waals surface area (Å²) in [6, 6.07) is 0. The number of nitrogens with two attached hydrogens (primary N) is 2. The molecule has 0 saturated carbocycles. The molecular weight excluding hydrogens is 124 g/mol. The second kappa shape index (κ2) is 2.77. The van der Waals surface area contributed by atoms with Gasteiger partial charge in [0, 0.05) is 0 Å². The summed E-state index contributed by atoms with van der Waals surface area (Å²) in [5, 5.41) is 0. The molecule has 0 bridgehead atoms. The normalized spacial score (nSPS) is 16.4. The minimum Gasteiger partial charge on any atom is -0.466 e. The van der Waals surface area contributed by atoms with Gasteiger partial charge in [-0.2, -0.15) is 0 Å². The lowest BCUT2D eigenvalue weighted by Crippen LogP contribution is -2.50. The van der Waals surface area contributed by atoms with E-state index in [1.807, 2.05) is 0 Å². The lowest BCUT2D eigenvalue weighted by molar-refractivity contribution is -0.167. The van der Waals surface area contributed by atoms with Crippen LogP contribution in [0.25, 0.3) is 0 Å². The van der Waals surface area contributed by atoms with E-state index < -0.39 is 11.7 Å². The van der Waals surface area contributed by atoms with Crippen LogP contribution in [-0.4, -0.2) is 18.8 Å². The summed E-state index contributed by atoms with van der Waals surface area (Å²) in [5.41, 5.74) is 3.62. The lowest BCUT2D eigenvalue weighted by Gasteiger charge is -2.17. The molecule has 5 nitrogen and oxygen atoms in total. The van der Waals surface area contributed by atoms with Crippen molar-refractivity contribution in [2.45, 2.75) is 12.6 Å². The van der Waals surface area contributed by atoms with Crippen LogP contribution in [0.5, 0.6) is 0 Å². The SMILES string of the molecule is COC(=O)[C@](C)(N)ON. The maximum Gasteiger partial charge on any atom is 0.354 e. The van der Waals surface area contributed by atoms with Gasteiger partial charge in [0.15, 0.2) is 0 Å². The minimum atomic E-state index is -1.53. The summed E-state index contributed by atoms with van der Waals surface area (Å²) in [5.74, 6) is 3.95. The van der Waals surface area contributed by atoms with Crippen LogP contribution in [0.1, 0.15) is 6.92 Å². The Kier molecular flexibility index (Phi) is 2.57. The van der Waals surface area contributed by atoms with Crippen molar-refractivity contribution in [1.29, 1.82) is 0 Å². The molecule has 0 heterocycles. The minimum absolute atomic E-state index is 0.704. The Balaban J connectivity index is 3.97. The first kappa shape index (κ1) is 8.35. The molecule has 0 aliphatic heterocycles. The molecule has 0 aromatic carbocycles. The zero-order valence-electron chi connectivity index (χ0n) is 5.38.